The molecule has 2 atom stereocenters. The van der Waals surface area contributed by atoms with Crippen molar-refractivity contribution in [3.05, 3.63) is 33.8 Å². The van der Waals surface area contributed by atoms with E-state index in [9.17, 15) is 4.79 Å². The van der Waals surface area contributed by atoms with Crippen molar-refractivity contribution in [1.82, 2.24) is 4.90 Å². The zero-order valence-corrected chi connectivity index (χ0v) is 14.0. The molecule has 110 valence electrons. The van der Waals surface area contributed by atoms with E-state index in [1.54, 1.807) is 0 Å². The standard InChI is InChI=1S/C16H23BrN2O/c1-10(2)9-19-15(20)7-6-14(18)16(19)12-4-5-13(17)11(3)8-12/h4-5,8,10,14,16H,6-7,9,18H2,1-3H3. The molecule has 4 heteroatoms. The van der Waals surface area contributed by atoms with Gasteiger partial charge in [0.05, 0.1) is 6.04 Å². The normalized spacial score (nSPS) is 23.5. The quantitative estimate of drug-likeness (QED) is 0.917. The highest BCUT2D eigenvalue weighted by molar-refractivity contribution is 9.10. The maximum atomic E-state index is 12.3. The third-order valence-electron chi connectivity index (χ3n) is 3.84. The van der Waals surface area contributed by atoms with E-state index in [-0.39, 0.29) is 18.0 Å². The summed E-state index contributed by atoms with van der Waals surface area (Å²) in [6.07, 6.45) is 1.34. The lowest BCUT2D eigenvalue weighted by molar-refractivity contribution is -0.138. The number of hydrogen-bond donors (Lipinski definition) is 1. The molecule has 1 aromatic carbocycles. The van der Waals surface area contributed by atoms with Gasteiger partial charge in [-0.2, -0.15) is 0 Å². The molecule has 1 amide bonds. The second-order valence-corrected chi connectivity index (χ2v) is 6.95. The Bertz CT molecular complexity index is 501. The molecular formula is C16H23BrN2O. The first-order valence-electron chi connectivity index (χ1n) is 7.21. The van der Waals surface area contributed by atoms with Gasteiger partial charge in [-0.3, -0.25) is 4.79 Å². The number of rotatable bonds is 3. The molecule has 1 aliphatic heterocycles. The molecule has 0 bridgehead atoms. The van der Waals surface area contributed by atoms with Gasteiger partial charge in [0.2, 0.25) is 5.91 Å². The molecular weight excluding hydrogens is 316 g/mol. The number of nitrogens with zero attached hydrogens (tertiary/aromatic N) is 1. The molecule has 2 rings (SSSR count). The Morgan fingerprint density at radius 1 is 1.45 bits per heavy atom. The van der Waals surface area contributed by atoms with Gasteiger partial charge in [-0.1, -0.05) is 41.9 Å². The van der Waals surface area contributed by atoms with E-state index in [1.165, 1.54) is 5.56 Å². The summed E-state index contributed by atoms with van der Waals surface area (Å²) >= 11 is 3.52. The summed E-state index contributed by atoms with van der Waals surface area (Å²) in [6, 6.07) is 6.29. The van der Waals surface area contributed by atoms with Gasteiger partial charge in [0.15, 0.2) is 0 Å². The van der Waals surface area contributed by atoms with E-state index in [2.05, 4.69) is 48.8 Å². The van der Waals surface area contributed by atoms with Crippen molar-refractivity contribution in [3.63, 3.8) is 0 Å². The molecule has 2 N–H and O–H groups in total. The second-order valence-electron chi connectivity index (χ2n) is 6.10. The molecule has 0 spiro atoms. The van der Waals surface area contributed by atoms with E-state index in [0.717, 1.165) is 23.0 Å². The Labute approximate surface area is 129 Å². The number of aryl methyl sites for hydroxylation is 1. The van der Waals surface area contributed by atoms with Crippen LogP contribution >= 0.6 is 15.9 Å². The Morgan fingerprint density at radius 3 is 2.75 bits per heavy atom. The molecule has 1 aliphatic rings. The number of piperidine rings is 1. The number of halogens is 1. The van der Waals surface area contributed by atoms with Crippen LogP contribution in [0.3, 0.4) is 0 Å². The van der Waals surface area contributed by atoms with Gasteiger partial charge in [0, 0.05) is 23.5 Å². The fraction of sp³-hybridized carbons (Fsp3) is 0.562. The van der Waals surface area contributed by atoms with Crippen molar-refractivity contribution >= 4 is 21.8 Å². The van der Waals surface area contributed by atoms with E-state index in [0.29, 0.717) is 12.3 Å². The van der Waals surface area contributed by atoms with Crippen LogP contribution in [0.2, 0.25) is 0 Å². The summed E-state index contributed by atoms with van der Waals surface area (Å²) in [5.74, 6) is 0.675. The molecule has 0 aliphatic carbocycles. The van der Waals surface area contributed by atoms with Crippen molar-refractivity contribution in [3.8, 4) is 0 Å². The molecule has 20 heavy (non-hydrogen) atoms. The first-order chi connectivity index (χ1) is 9.40. The van der Waals surface area contributed by atoms with Crippen molar-refractivity contribution in [1.29, 1.82) is 0 Å². The van der Waals surface area contributed by atoms with Crippen molar-refractivity contribution in [2.45, 2.75) is 45.7 Å². The third kappa shape index (κ3) is 3.23. The molecule has 0 radical (unpaired) electrons. The van der Waals surface area contributed by atoms with Gasteiger partial charge in [0.25, 0.3) is 0 Å². The van der Waals surface area contributed by atoms with Crippen LogP contribution in [-0.4, -0.2) is 23.4 Å². The highest BCUT2D eigenvalue weighted by atomic mass is 79.9. The summed E-state index contributed by atoms with van der Waals surface area (Å²) in [5, 5.41) is 0. The molecule has 3 nitrogen and oxygen atoms in total. The largest absolute Gasteiger partial charge is 0.334 e. The van der Waals surface area contributed by atoms with Crippen LogP contribution < -0.4 is 5.73 Å². The number of likely N-dealkylation sites (tertiary alicyclic amines) is 1. The van der Waals surface area contributed by atoms with Crippen molar-refractivity contribution in [2.24, 2.45) is 11.7 Å². The van der Waals surface area contributed by atoms with E-state index in [1.807, 2.05) is 11.0 Å². The van der Waals surface area contributed by atoms with Crippen LogP contribution in [0, 0.1) is 12.8 Å². The lowest BCUT2D eigenvalue weighted by atomic mass is 9.89. The van der Waals surface area contributed by atoms with Gasteiger partial charge in [0.1, 0.15) is 0 Å². The number of benzene rings is 1. The number of amides is 1. The summed E-state index contributed by atoms with van der Waals surface area (Å²) in [7, 11) is 0. The van der Waals surface area contributed by atoms with Crippen molar-refractivity contribution in [2.75, 3.05) is 6.54 Å². The minimum Gasteiger partial charge on any atom is -0.334 e. The van der Waals surface area contributed by atoms with Crippen LogP contribution in [0.4, 0.5) is 0 Å². The highest BCUT2D eigenvalue weighted by Gasteiger charge is 2.35. The van der Waals surface area contributed by atoms with Crippen LogP contribution in [-0.2, 0) is 4.79 Å². The monoisotopic (exact) mass is 338 g/mol. The Morgan fingerprint density at radius 2 is 2.15 bits per heavy atom. The zero-order valence-electron chi connectivity index (χ0n) is 12.4. The van der Waals surface area contributed by atoms with Crippen molar-refractivity contribution < 1.29 is 4.79 Å². The maximum Gasteiger partial charge on any atom is 0.223 e. The first-order valence-corrected chi connectivity index (χ1v) is 8.00. The molecule has 0 saturated carbocycles. The molecule has 1 heterocycles. The van der Waals surface area contributed by atoms with E-state index in [4.69, 9.17) is 5.73 Å². The second kappa shape index (κ2) is 6.27. The minimum atomic E-state index is 0.00505. The Hall–Kier alpha value is -0.870. The predicted molar refractivity (Wildman–Crippen MR) is 85.4 cm³/mol. The number of carbonyl (C=O) groups is 1. The summed E-state index contributed by atoms with van der Waals surface area (Å²) in [6.45, 7) is 7.11. The Balaban J connectivity index is 2.36. The topological polar surface area (TPSA) is 46.3 Å². The van der Waals surface area contributed by atoms with Crippen LogP contribution in [0.25, 0.3) is 0 Å². The fourth-order valence-corrected chi connectivity index (χ4v) is 3.11. The van der Waals surface area contributed by atoms with Gasteiger partial charge in [-0.15, -0.1) is 0 Å². The lowest BCUT2D eigenvalue weighted by Crippen LogP contribution is -2.50. The zero-order chi connectivity index (χ0) is 14.9. The van der Waals surface area contributed by atoms with Gasteiger partial charge >= 0.3 is 0 Å². The average Bonchev–Trinajstić information content (AvgIpc) is 2.37. The first kappa shape index (κ1) is 15.5. The van der Waals surface area contributed by atoms with Gasteiger partial charge in [-0.25, -0.2) is 0 Å². The predicted octanol–water partition coefficient (Wildman–Crippen LogP) is 3.40. The summed E-state index contributed by atoms with van der Waals surface area (Å²) in [5.41, 5.74) is 8.65. The van der Waals surface area contributed by atoms with E-state index >= 15 is 0 Å². The average molecular weight is 339 g/mol. The van der Waals surface area contributed by atoms with Gasteiger partial charge < -0.3 is 10.6 Å². The van der Waals surface area contributed by atoms with E-state index < -0.39 is 0 Å². The fourth-order valence-electron chi connectivity index (χ4n) is 2.87. The number of nitrogens with two attached hydrogens (primary N) is 1. The molecule has 2 unspecified atom stereocenters. The molecule has 0 aromatic heterocycles. The van der Waals surface area contributed by atoms with Crippen LogP contribution in [0.1, 0.15) is 43.9 Å². The maximum absolute atomic E-state index is 12.3. The molecule has 1 saturated heterocycles. The van der Waals surface area contributed by atoms with Crippen LogP contribution in [0.15, 0.2) is 22.7 Å². The van der Waals surface area contributed by atoms with Crippen LogP contribution in [0.5, 0.6) is 0 Å². The summed E-state index contributed by atoms with van der Waals surface area (Å²) in [4.78, 5) is 14.2. The Kier molecular flexibility index (Phi) is 4.86. The summed E-state index contributed by atoms with van der Waals surface area (Å²) < 4.78 is 1.09. The number of carbonyl (C=O) groups excluding carboxylic acids is 1. The van der Waals surface area contributed by atoms with Gasteiger partial charge in [-0.05, 0) is 36.5 Å². The number of hydrogen-bond acceptors (Lipinski definition) is 2. The SMILES string of the molecule is Cc1cc(C2C(N)CCC(=O)N2CC(C)C)ccc1Br. The highest BCUT2D eigenvalue weighted by Crippen LogP contribution is 2.33. The lowest BCUT2D eigenvalue weighted by Gasteiger charge is -2.41. The molecule has 1 fully saturated rings. The minimum absolute atomic E-state index is 0.00505. The molecule has 1 aromatic rings. The third-order valence-corrected chi connectivity index (χ3v) is 4.73. The smallest absolute Gasteiger partial charge is 0.223 e.